The summed E-state index contributed by atoms with van der Waals surface area (Å²) < 4.78 is 5.21. The number of aromatic amines is 1. The molecule has 106 valence electrons. The molecule has 0 bridgehead atoms. The smallest absolute Gasteiger partial charge is 0.251 e. The summed E-state index contributed by atoms with van der Waals surface area (Å²) in [6, 6.07) is 5.28. The molecule has 1 fully saturated rings. The standard InChI is InChI=1S/C14H17N3O3/c18-13(15-8-14(19)3-5-20-6-4-14)10-1-2-11-12(7-10)17-9-16-11/h1-2,7,9,19H,3-6,8H2,(H,15,18)(H,16,17). The van der Waals surface area contributed by atoms with Crippen LogP contribution in [0.5, 0.6) is 0 Å². The minimum absolute atomic E-state index is 0.193. The molecule has 0 unspecified atom stereocenters. The molecule has 20 heavy (non-hydrogen) atoms. The van der Waals surface area contributed by atoms with E-state index in [4.69, 9.17) is 4.74 Å². The van der Waals surface area contributed by atoms with Crippen LogP contribution in [0.3, 0.4) is 0 Å². The number of fused-ring (bicyclic) bond motifs is 1. The number of aromatic nitrogens is 2. The van der Waals surface area contributed by atoms with Gasteiger partial charge in [0.2, 0.25) is 0 Å². The highest BCUT2D eigenvalue weighted by atomic mass is 16.5. The van der Waals surface area contributed by atoms with Gasteiger partial charge in [-0.1, -0.05) is 0 Å². The first-order valence-electron chi connectivity index (χ1n) is 6.68. The van der Waals surface area contributed by atoms with Crippen LogP contribution in [0.2, 0.25) is 0 Å². The third-order valence-electron chi connectivity index (χ3n) is 3.68. The van der Waals surface area contributed by atoms with Crippen LogP contribution in [0.15, 0.2) is 24.5 Å². The van der Waals surface area contributed by atoms with Gasteiger partial charge in [0.15, 0.2) is 0 Å². The minimum Gasteiger partial charge on any atom is -0.388 e. The van der Waals surface area contributed by atoms with Crippen molar-refractivity contribution in [3.8, 4) is 0 Å². The van der Waals surface area contributed by atoms with Gasteiger partial charge in [0.05, 0.1) is 23.0 Å². The Labute approximate surface area is 116 Å². The van der Waals surface area contributed by atoms with E-state index in [0.717, 1.165) is 11.0 Å². The first kappa shape index (κ1) is 13.1. The lowest BCUT2D eigenvalue weighted by Gasteiger charge is -2.32. The van der Waals surface area contributed by atoms with Crippen molar-refractivity contribution in [1.82, 2.24) is 15.3 Å². The predicted molar refractivity (Wildman–Crippen MR) is 73.4 cm³/mol. The van der Waals surface area contributed by atoms with E-state index >= 15 is 0 Å². The lowest BCUT2D eigenvalue weighted by molar-refractivity contribution is -0.0605. The first-order valence-corrected chi connectivity index (χ1v) is 6.68. The lowest BCUT2D eigenvalue weighted by Crippen LogP contribution is -2.46. The molecular weight excluding hydrogens is 258 g/mol. The Morgan fingerprint density at radius 2 is 2.25 bits per heavy atom. The number of H-pyrrole nitrogens is 1. The van der Waals surface area contributed by atoms with Crippen molar-refractivity contribution in [3.63, 3.8) is 0 Å². The van der Waals surface area contributed by atoms with Gasteiger partial charge >= 0.3 is 0 Å². The molecule has 2 heterocycles. The number of rotatable bonds is 3. The SMILES string of the molecule is O=C(NCC1(O)CCOCC1)c1ccc2nc[nH]c2c1. The number of carbonyl (C=O) groups is 1. The third kappa shape index (κ3) is 2.66. The number of aliphatic hydroxyl groups is 1. The molecule has 0 atom stereocenters. The van der Waals surface area contributed by atoms with Gasteiger partial charge in [0, 0.05) is 38.2 Å². The highest BCUT2D eigenvalue weighted by Crippen LogP contribution is 2.19. The minimum atomic E-state index is -0.855. The van der Waals surface area contributed by atoms with E-state index in [-0.39, 0.29) is 12.5 Å². The summed E-state index contributed by atoms with van der Waals surface area (Å²) in [5, 5.41) is 13.1. The molecule has 3 rings (SSSR count). The fourth-order valence-electron chi connectivity index (χ4n) is 2.35. The van der Waals surface area contributed by atoms with E-state index in [9.17, 15) is 9.90 Å². The second kappa shape index (κ2) is 5.22. The highest BCUT2D eigenvalue weighted by molar-refractivity contribution is 5.97. The van der Waals surface area contributed by atoms with Crippen molar-refractivity contribution >= 4 is 16.9 Å². The maximum absolute atomic E-state index is 12.1. The van der Waals surface area contributed by atoms with Gasteiger partial charge in [-0.25, -0.2) is 4.98 Å². The average Bonchev–Trinajstić information content (AvgIpc) is 2.93. The van der Waals surface area contributed by atoms with Crippen molar-refractivity contribution in [2.45, 2.75) is 18.4 Å². The molecule has 0 spiro atoms. The number of benzene rings is 1. The van der Waals surface area contributed by atoms with Crippen LogP contribution in [0.25, 0.3) is 11.0 Å². The topological polar surface area (TPSA) is 87.2 Å². The summed E-state index contributed by atoms with van der Waals surface area (Å²) in [4.78, 5) is 19.2. The number of hydrogen-bond donors (Lipinski definition) is 3. The molecule has 1 aliphatic rings. The zero-order chi connectivity index (χ0) is 14.0. The van der Waals surface area contributed by atoms with Crippen LogP contribution in [-0.4, -0.2) is 46.3 Å². The molecule has 6 heteroatoms. The zero-order valence-corrected chi connectivity index (χ0v) is 11.1. The Hall–Kier alpha value is -1.92. The number of nitrogens with zero attached hydrogens (tertiary/aromatic N) is 1. The summed E-state index contributed by atoms with van der Waals surface area (Å²) in [7, 11) is 0. The number of imidazole rings is 1. The molecule has 3 N–H and O–H groups in total. The summed E-state index contributed by atoms with van der Waals surface area (Å²) in [6.45, 7) is 1.31. The van der Waals surface area contributed by atoms with Gasteiger partial charge in [0.25, 0.3) is 5.91 Å². The van der Waals surface area contributed by atoms with E-state index in [1.165, 1.54) is 0 Å². The van der Waals surface area contributed by atoms with Crippen molar-refractivity contribution in [2.24, 2.45) is 0 Å². The Morgan fingerprint density at radius 3 is 3.05 bits per heavy atom. The molecule has 0 aliphatic carbocycles. The van der Waals surface area contributed by atoms with Crippen molar-refractivity contribution in [3.05, 3.63) is 30.1 Å². The van der Waals surface area contributed by atoms with Crippen LogP contribution in [-0.2, 0) is 4.74 Å². The van der Waals surface area contributed by atoms with Gasteiger partial charge < -0.3 is 20.1 Å². The average molecular weight is 275 g/mol. The van der Waals surface area contributed by atoms with E-state index in [2.05, 4.69) is 15.3 Å². The molecule has 1 aliphatic heterocycles. The van der Waals surface area contributed by atoms with Gasteiger partial charge in [-0.3, -0.25) is 4.79 Å². The number of hydrogen-bond acceptors (Lipinski definition) is 4. The number of ether oxygens (including phenoxy) is 1. The molecule has 0 saturated carbocycles. The zero-order valence-electron chi connectivity index (χ0n) is 11.1. The van der Waals surface area contributed by atoms with Crippen LogP contribution in [0.1, 0.15) is 23.2 Å². The van der Waals surface area contributed by atoms with Crippen molar-refractivity contribution in [2.75, 3.05) is 19.8 Å². The van der Waals surface area contributed by atoms with E-state index < -0.39 is 5.60 Å². The van der Waals surface area contributed by atoms with Crippen molar-refractivity contribution in [1.29, 1.82) is 0 Å². The number of nitrogens with one attached hydrogen (secondary N) is 2. The summed E-state index contributed by atoms with van der Waals surface area (Å²) in [5.41, 5.74) is 1.34. The van der Waals surface area contributed by atoms with Crippen LogP contribution in [0.4, 0.5) is 0 Å². The largest absolute Gasteiger partial charge is 0.388 e. The molecule has 0 radical (unpaired) electrons. The normalized spacial score (nSPS) is 18.1. The fourth-order valence-corrected chi connectivity index (χ4v) is 2.35. The van der Waals surface area contributed by atoms with E-state index in [1.54, 1.807) is 24.5 Å². The highest BCUT2D eigenvalue weighted by Gasteiger charge is 2.30. The Balaban J connectivity index is 1.66. The van der Waals surface area contributed by atoms with E-state index in [1.807, 2.05) is 0 Å². The molecule has 6 nitrogen and oxygen atoms in total. The molecule has 1 saturated heterocycles. The lowest BCUT2D eigenvalue weighted by atomic mass is 9.94. The Kier molecular flexibility index (Phi) is 3.42. The second-order valence-electron chi connectivity index (χ2n) is 5.15. The quantitative estimate of drug-likeness (QED) is 0.774. The van der Waals surface area contributed by atoms with Gasteiger partial charge in [0.1, 0.15) is 0 Å². The second-order valence-corrected chi connectivity index (χ2v) is 5.15. The number of carbonyl (C=O) groups excluding carboxylic acids is 1. The molecule has 2 aromatic rings. The molecule has 1 amide bonds. The van der Waals surface area contributed by atoms with E-state index in [0.29, 0.717) is 31.6 Å². The van der Waals surface area contributed by atoms with Crippen LogP contribution in [0, 0.1) is 0 Å². The molecular formula is C14H17N3O3. The molecule has 1 aromatic carbocycles. The first-order chi connectivity index (χ1) is 9.66. The maximum Gasteiger partial charge on any atom is 0.251 e. The van der Waals surface area contributed by atoms with Crippen LogP contribution < -0.4 is 5.32 Å². The van der Waals surface area contributed by atoms with Crippen LogP contribution >= 0.6 is 0 Å². The van der Waals surface area contributed by atoms with Gasteiger partial charge in [-0.15, -0.1) is 0 Å². The fraction of sp³-hybridized carbons (Fsp3) is 0.429. The van der Waals surface area contributed by atoms with Gasteiger partial charge in [-0.2, -0.15) is 0 Å². The monoisotopic (exact) mass is 275 g/mol. The van der Waals surface area contributed by atoms with Gasteiger partial charge in [-0.05, 0) is 18.2 Å². The third-order valence-corrected chi connectivity index (χ3v) is 3.68. The summed E-state index contributed by atoms with van der Waals surface area (Å²) >= 11 is 0. The Bertz CT molecular complexity index is 617. The maximum atomic E-state index is 12.1. The van der Waals surface area contributed by atoms with Crippen molar-refractivity contribution < 1.29 is 14.6 Å². The Morgan fingerprint density at radius 1 is 1.45 bits per heavy atom. The summed E-state index contributed by atoms with van der Waals surface area (Å²) in [6.07, 6.45) is 2.69. The number of amides is 1. The predicted octanol–water partition coefficient (Wildman–Crippen LogP) is 0.834. The molecule has 1 aromatic heterocycles. The summed E-state index contributed by atoms with van der Waals surface area (Å²) in [5.74, 6) is -0.193.